The average molecular weight is 410 g/mol. The van der Waals surface area contributed by atoms with E-state index in [4.69, 9.17) is 15.3 Å². The van der Waals surface area contributed by atoms with Crippen molar-refractivity contribution in [1.29, 1.82) is 0 Å². The second-order valence-electron chi connectivity index (χ2n) is 5.73. The van der Waals surface area contributed by atoms with Crippen LogP contribution in [0.25, 0.3) is 0 Å². The molecule has 0 saturated carbocycles. The SMILES string of the molecule is O=C(O)c1ccc2c(c1)C(=O)OC2=O.O=C1C=CC(=O)C=C1.Oc1ccc(O)cc1. The zero-order valence-electron chi connectivity index (χ0n) is 15.1. The number of aromatic carboxylic acids is 1. The normalized spacial score (nSPS) is 13.5. The molecule has 0 aromatic heterocycles. The van der Waals surface area contributed by atoms with Gasteiger partial charge in [-0.3, -0.25) is 9.59 Å². The van der Waals surface area contributed by atoms with Gasteiger partial charge in [-0.25, -0.2) is 14.4 Å². The van der Waals surface area contributed by atoms with E-state index in [1.807, 2.05) is 0 Å². The second kappa shape index (κ2) is 9.60. The number of phenolic OH excluding ortho intramolecular Hbond substituents is 2. The van der Waals surface area contributed by atoms with Crippen molar-refractivity contribution in [1.82, 2.24) is 0 Å². The molecule has 0 atom stereocenters. The van der Waals surface area contributed by atoms with Crippen LogP contribution in [0.3, 0.4) is 0 Å². The third-order valence-electron chi connectivity index (χ3n) is 3.57. The van der Waals surface area contributed by atoms with Gasteiger partial charge in [-0.2, -0.15) is 0 Å². The van der Waals surface area contributed by atoms with Gasteiger partial charge in [0.15, 0.2) is 11.6 Å². The van der Waals surface area contributed by atoms with E-state index in [-0.39, 0.29) is 39.8 Å². The second-order valence-corrected chi connectivity index (χ2v) is 5.73. The fraction of sp³-hybridized carbons (Fsp3) is 0. The lowest BCUT2D eigenvalue weighted by molar-refractivity contribution is -0.113. The van der Waals surface area contributed by atoms with E-state index < -0.39 is 17.9 Å². The highest BCUT2D eigenvalue weighted by atomic mass is 16.6. The maximum Gasteiger partial charge on any atom is 0.346 e. The Hall–Kier alpha value is -4.53. The van der Waals surface area contributed by atoms with Crippen LogP contribution in [-0.4, -0.2) is 44.8 Å². The Morgan fingerprint density at radius 3 is 1.53 bits per heavy atom. The van der Waals surface area contributed by atoms with Gasteiger partial charge >= 0.3 is 17.9 Å². The van der Waals surface area contributed by atoms with Crippen LogP contribution in [0.15, 0.2) is 66.8 Å². The number of benzene rings is 2. The fourth-order valence-electron chi connectivity index (χ4n) is 2.11. The molecule has 0 radical (unpaired) electrons. The Kier molecular flexibility index (Phi) is 6.97. The van der Waals surface area contributed by atoms with Gasteiger partial charge in [0.1, 0.15) is 11.5 Å². The molecule has 0 amide bonds. The predicted octanol–water partition coefficient (Wildman–Crippen LogP) is 2.04. The van der Waals surface area contributed by atoms with Crippen molar-refractivity contribution < 1.29 is 44.0 Å². The standard InChI is InChI=1S/C9H4O5.C6H6O2.C6H4O2/c10-7(11)4-1-2-5-6(3-4)9(13)14-8(5)12;2*7-5-1-2-6(8)4-3-5/h1-3H,(H,10,11);1-4,7-8H;1-4H. The molecule has 4 rings (SSSR count). The number of carbonyl (C=O) groups excluding carboxylic acids is 4. The number of hydrogen-bond donors (Lipinski definition) is 3. The first-order valence-corrected chi connectivity index (χ1v) is 8.23. The smallest absolute Gasteiger partial charge is 0.346 e. The zero-order chi connectivity index (χ0) is 22.3. The third-order valence-corrected chi connectivity index (χ3v) is 3.57. The molecular formula is C21H14O9. The maximum atomic E-state index is 11.0. The van der Waals surface area contributed by atoms with E-state index >= 15 is 0 Å². The van der Waals surface area contributed by atoms with E-state index in [0.29, 0.717) is 0 Å². The van der Waals surface area contributed by atoms with Crippen LogP contribution in [0.5, 0.6) is 11.5 Å². The number of hydrogen-bond acceptors (Lipinski definition) is 8. The van der Waals surface area contributed by atoms with E-state index in [1.54, 1.807) is 0 Å². The van der Waals surface area contributed by atoms with E-state index in [9.17, 15) is 24.0 Å². The third kappa shape index (κ3) is 5.99. The van der Waals surface area contributed by atoms with Crippen LogP contribution in [-0.2, 0) is 14.3 Å². The fourth-order valence-corrected chi connectivity index (χ4v) is 2.11. The number of fused-ring (bicyclic) bond motifs is 1. The summed E-state index contributed by atoms with van der Waals surface area (Å²) in [7, 11) is 0. The van der Waals surface area contributed by atoms with Gasteiger partial charge in [0, 0.05) is 0 Å². The molecule has 2 aromatic carbocycles. The quantitative estimate of drug-likeness (QED) is 0.277. The number of rotatable bonds is 1. The molecule has 0 unspecified atom stereocenters. The Bertz CT molecular complexity index is 1020. The molecule has 2 aliphatic rings. The molecule has 1 aliphatic carbocycles. The predicted molar refractivity (Wildman–Crippen MR) is 101 cm³/mol. The molecule has 3 N–H and O–H groups in total. The summed E-state index contributed by atoms with van der Waals surface area (Å²) in [5.41, 5.74) is 0.0744. The molecular weight excluding hydrogens is 396 g/mol. The number of carboxylic acids is 1. The molecule has 9 heteroatoms. The van der Waals surface area contributed by atoms with E-state index in [0.717, 1.165) is 6.07 Å². The molecule has 0 bridgehead atoms. The number of carboxylic acid groups (broad SMARTS) is 1. The summed E-state index contributed by atoms with van der Waals surface area (Å²) in [6.45, 7) is 0. The van der Waals surface area contributed by atoms with Crippen LogP contribution in [0, 0.1) is 0 Å². The first kappa shape index (κ1) is 21.8. The number of cyclic esters (lactones) is 2. The summed E-state index contributed by atoms with van der Waals surface area (Å²) >= 11 is 0. The van der Waals surface area contributed by atoms with Crippen molar-refractivity contribution in [2.24, 2.45) is 0 Å². The van der Waals surface area contributed by atoms with Crippen molar-refractivity contribution in [3.05, 3.63) is 83.5 Å². The lowest BCUT2D eigenvalue weighted by Crippen LogP contribution is -2.00. The summed E-state index contributed by atoms with van der Waals surface area (Å²) in [6, 6.07) is 9.35. The maximum absolute atomic E-state index is 11.0. The number of ketones is 2. The van der Waals surface area contributed by atoms with Gasteiger partial charge in [-0.15, -0.1) is 0 Å². The van der Waals surface area contributed by atoms with Crippen LogP contribution < -0.4 is 0 Å². The summed E-state index contributed by atoms with van der Waals surface area (Å²) in [5, 5.41) is 25.9. The highest BCUT2D eigenvalue weighted by Crippen LogP contribution is 2.21. The first-order chi connectivity index (χ1) is 14.2. The Morgan fingerprint density at radius 2 is 1.10 bits per heavy atom. The van der Waals surface area contributed by atoms with Crippen molar-refractivity contribution in [2.45, 2.75) is 0 Å². The number of ether oxygens (including phenoxy) is 1. The summed E-state index contributed by atoms with van der Waals surface area (Å²) in [4.78, 5) is 53.1. The Balaban J connectivity index is 0.000000172. The zero-order valence-corrected chi connectivity index (χ0v) is 15.1. The molecule has 30 heavy (non-hydrogen) atoms. The minimum absolute atomic E-state index is 0.00917. The molecule has 0 saturated heterocycles. The average Bonchev–Trinajstić information content (AvgIpc) is 3.01. The number of carbonyl (C=O) groups is 5. The highest BCUT2D eigenvalue weighted by Gasteiger charge is 2.30. The van der Waals surface area contributed by atoms with Crippen molar-refractivity contribution >= 4 is 29.5 Å². The molecule has 1 heterocycles. The largest absolute Gasteiger partial charge is 0.508 e. The highest BCUT2D eigenvalue weighted by molar-refractivity contribution is 6.15. The summed E-state index contributed by atoms with van der Waals surface area (Å²) < 4.78 is 4.30. The minimum atomic E-state index is -1.15. The summed E-state index contributed by atoms with van der Waals surface area (Å²) in [6.07, 6.45) is 5.01. The van der Waals surface area contributed by atoms with E-state index in [1.165, 1.54) is 60.7 Å². The van der Waals surface area contributed by atoms with Crippen molar-refractivity contribution in [3.63, 3.8) is 0 Å². The molecule has 152 valence electrons. The van der Waals surface area contributed by atoms with E-state index in [2.05, 4.69) is 4.74 Å². The molecule has 0 spiro atoms. The van der Waals surface area contributed by atoms with Gasteiger partial charge in [0.2, 0.25) is 0 Å². The molecule has 9 nitrogen and oxygen atoms in total. The van der Waals surface area contributed by atoms with Crippen LogP contribution in [0.2, 0.25) is 0 Å². The topological polar surface area (TPSA) is 155 Å². The molecule has 0 fully saturated rings. The minimum Gasteiger partial charge on any atom is -0.508 e. The Morgan fingerprint density at radius 1 is 0.667 bits per heavy atom. The number of aromatic hydroxyl groups is 2. The number of esters is 2. The lowest BCUT2D eigenvalue weighted by atomic mass is 10.1. The Labute approximate surface area is 169 Å². The monoisotopic (exact) mass is 410 g/mol. The first-order valence-electron chi connectivity index (χ1n) is 8.23. The van der Waals surface area contributed by atoms with Crippen LogP contribution in [0.1, 0.15) is 31.1 Å². The van der Waals surface area contributed by atoms with Crippen LogP contribution in [0.4, 0.5) is 0 Å². The van der Waals surface area contributed by atoms with Gasteiger partial charge in [0.05, 0.1) is 16.7 Å². The number of phenols is 2. The lowest BCUT2D eigenvalue weighted by Gasteiger charge is -1.94. The molecule has 2 aromatic rings. The van der Waals surface area contributed by atoms with Crippen molar-refractivity contribution in [3.8, 4) is 11.5 Å². The van der Waals surface area contributed by atoms with Gasteiger partial charge < -0.3 is 20.1 Å². The summed E-state index contributed by atoms with van der Waals surface area (Å²) in [5.74, 6) is -2.59. The van der Waals surface area contributed by atoms with Gasteiger partial charge in [-0.05, 0) is 66.8 Å². The van der Waals surface area contributed by atoms with Crippen LogP contribution >= 0.6 is 0 Å². The number of allylic oxidation sites excluding steroid dienone is 4. The van der Waals surface area contributed by atoms with Crippen molar-refractivity contribution in [2.75, 3.05) is 0 Å². The van der Waals surface area contributed by atoms with Gasteiger partial charge in [0.25, 0.3) is 0 Å². The molecule has 1 aliphatic heterocycles. The van der Waals surface area contributed by atoms with Gasteiger partial charge in [-0.1, -0.05) is 0 Å².